The van der Waals surface area contributed by atoms with Gasteiger partial charge in [-0.3, -0.25) is 9.69 Å². The van der Waals surface area contributed by atoms with Crippen molar-refractivity contribution in [2.24, 2.45) is 5.92 Å². The Kier molecular flexibility index (Phi) is 13.6. The summed E-state index contributed by atoms with van der Waals surface area (Å²) in [6, 6.07) is 15.8. The van der Waals surface area contributed by atoms with Crippen molar-refractivity contribution in [3.63, 3.8) is 0 Å². The highest BCUT2D eigenvalue weighted by Gasteiger charge is 2.12. The van der Waals surface area contributed by atoms with Crippen molar-refractivity contribution in [1.82, 2.24) is 4.90 Å². The molecular weight excluding hydrogens is 494 g/mol. The second-order valence-electron chi connectivity index (χ2n) is 9.63. The summed E-state index contributed by atoms with van der Waals surface area (Å²) in [5.74, 6) is 0.705. The molecule has 2 aromatic rings. The van der Waals surface area contributed by atoms with E-state index < -0.39 is 0 Å². The van der Waals surface area contributed by atoms with E-state index in [9.17, 15) is 9.59 Å². The second-order valence-corrected chi connectivity index (χ2v) is 9.63. The molecule has 212 valence electrons. The van der Waals surface area contributed by atoms with Crippen molar-refractivity contribution >= 4 is 18.0 Å². The number of hydrogen-bond acceptors (Lipinski definition) is 7. The predicted octanol–water partition coefficient (Wildman–Crippen LogP) is 5.57. The average molecular weight is 538 g/mol. The molecule has 0 saturated carbocycles. The van der Waals surface area contributed by atoms with Crippen LogP contribution in [0.4, 0.5) is 0 Å². The first-order valence-electron chi connectivity index (χ1n) is 14.2. The normalized spacial score (nSPS) is 14.7. The van der Waals surface area contributed by atoms with Gasteiger partial charge in [-0.1, -0.05) is 48.9 Å². The van der Waals surface area contributed by atoms with Crippen LogP contribution in [0.2, 0.25) is 0 Å². The molecule has 1 fully saturated rings. The number of para-hydroxylation sites is 1. The van der Waals surface area contributed by atoms with Crippen LogP contribution in [-0.4, -0.2) is 69.5 Å². The van der Waals surface area contributed by atoms with Gasteiger partial charge in [-0.25, -0.2) is 4.79 Å². The van der Waals surface area contributed by atoms with Crippen LogP contribution in [0.5, 0.6) is 5.75 Å². The lowest BCUT2D eigenvalue weighted by Crippen LogP contribution is -2.38. The Morgan fingerprint density at radius 3 is 2.46 bits per heavy atom. The number of unbranched alkanes of at least 4 members (excludes halogenated alkanes) is 1. The van der Waals surface area contributed by atoms with E-state index in [2.05, 4.69) is 23.1 Å². The maximum Gasteiger partial charge on any atom is 0.338 e. The van der Waals surface area contributed by atoms with Gasteiger partial charge in [0.25, 0.3) is 0 Å². The third-order valence-corrected chi connectivity index (χ3v) is 6.71. The zero-order valence-electron chi connectivity index (χ0n) is 23.4. The molecule has 7 heteroatoms. The minimum absolute atomic E-state index is 0.137. The minimum Gasteiger partial charge on any atom is -0.492 e. The zero-order valence-corrected chi connectivity index (χ0v) is 23.4. The summed E-state index contributed by atoms with van der Waals surface area (Å²) in [5, 5.41) is 0. The van der Waals surface area contributed by atoms with Crippen molar-refractivity contribution in [1.29, 1.82) is 0 Å². The molecule has 1 heterocycles. The molecule has 7 nitrogen and oxygen atoms in total. The molecule has 0 N–H and O–H groups in total. The molecule has 1 atom stereocenters. The van der Waals surface area contributed by atoms with E-state index in [1.807, 2.05) is 49.4 Å². The lowest BCUT2D eigenvalue weighted by atomic mass is 9.92. The first kappa shape index (κ1) is 30.4. The first-order valence-corrected chi connectivity index (χ1v) is 14.2. The molecule has 1 aliphatic rings. The molecule has 0 spiro atoms. The Morgan fingerprint density at radius 1 is 0.974 bits per heavy atom. The van der Waals surface area contributed by atoms with E-state index in [0.717, 1.165) is 75.4 Å². The minimum atomic E-state index is -0.301. The number of hydrogen-bond donors (Lipinski definition) is 0. The van der Waals surface area contributed by atoms with Gasteiger partial charge in [0.15, 0.2) is 0 Å². The topological polar surface area (TPSA) is 74.3 Å². The Morgan fingerprint density at radius 2 is 1.72 bits per heavy atom. The van der Waals surface area contributed by atoms with Crippen molar-refractivity contribution in [3.8, 4) is 5.75 Å². The third kappa shape index (κ3) is 11.2. The molecule has 1 aliphatic heterocycles. The Labute approximate surface area is 233 Å². The first-order chi connectivity index (χ1) is 19.1. The third-order valence-electron chi connectivity index (χ3n) is 6.71. The SMILES string of the molecule is CCOC(=O)CCCCC(C=Cc1ccccc1OCCN1CCOCC1)Cc1ccc(C(=O)OCC)cc1. The van der Waals surface area contributed by atoms with Crippen LogP contribution in [0, 0.1) is 5.92 Å². The van der Waals surface area contributed by atoms with Crippen LogP contribution in [0.1, 0.15) is 61.0 Å². The summed E-state index contributed by atoms with van der Waals surface area (Å²) in [7, 11) is 0. The van der Waals surface area contributed by atoms with E-state index in [1.165, 1.54) is 0 Å². The fraction of sp³-hybridized carbons (Fsp3) is 0.500. The van der Waals surface area contributed by atoms with Gasteiger partial charge in [0.05, 0.1) is 32.0 Å². The van der Waals surface area contributed by atoms with Crippen molar-refractivity contribution < 1.29 is 28.5 Å². The highest BCUT2D eigenvalue weighted by atomic mass is 16.5. The molecule has 1 unspecified atom stereocenters. The van der Waals surface area contributed by atoms with Crippen LogP contribution >= 0.6 is 0 Å². The number of ether oxygens (including phenoxy) is 4. The Hall–Kier alpha value is -3.16. The van der Waals surface area contributed by atoms with E-state index in [0.29, 0.717) is 31.8 Å². The molecule has 0 bridgehead atoms. The van der Waals surface area contributed by atoms with Gasteiger partial charge in [0.1, 0.15) is 12.4 Å². The fourth-order valence-corrected chi connectivity index (χ4v) is 4.57. The number of rotatable bonds is 16. The summed E-state index contributed by atoms with van der Waals surface area (Å²) in [6.45, 7) is 9.39. The summed E-state index contributed by atoms with van der Waals surface area (Å²) in [5.41, 5.74) is 2.76. The van der Waals surface area contributed by atoms with Crippen LogP contribution in [0.3, 0.4) is 0 Å². The smallest absolute Gasteiger partial charge is 0.338 e. The van der Waals surface area contributed by atoms with Gasteiger partial charge in [0.2, 0.25) is 0 Å². The van der Waals surface area contributed by atoms with E-state index in [4.69, 9.17) is 18.9 Å². The van der Waals surface area contributed by atoms with Gasteiger partial charge >= 0.3 is 11.9 Å². The number of esters is 2. The molecule has 0 amide bonds. The van der Waals surface area contributed by atoms with Gasteiger partial charge in [0, 0.05) is 31.6 Å². The molecule has 2 aromatic carbocycles. The standard InChI is InChI=1S/C32H43NO6/c1-3-37-31(34)12-8-5-9-26(25-27-14-17-29(18-15-27)32(35)38-4-2)13-16-28-10-6-7-11-30(28)39-24-21-33-19-22-36-23-20-33/h6-7,10-11,13-18,26H,3-5,8-9,12,19-25H2,1-2H3. The number of morpholine rings is 1. The van der Waals surface area contributed by atoms with Crippen LogP contribution in [-0.2, 0) is 25.4 Å². The van der Waals surface area contributed by atoms with Crippen molar-refractivity contribution in [3.05, 3.63) is 71.3 Å². The van der Waals surface area contributed by atoms with Gasteiger partial charge < -0.3 is 18.9 Å². The fourth-order valence-electron chi connectivity index (χ4n) is 4.57. The number of nitrogens with zero attached hydrogens (tertiary/aromatic N) is 1. The summed E-state index contributed by atoms with van der Waals surface area (Å²) in [4.78, 5) is 26.1. The quantitative estimate of drug-likeness (QED) is 0.205. The monoisotopic (exact) mass is 537 g/mol. The van der Waals surface area contributed by atoms with Crippen molar-refractivity contribution in [2.45, 2.75) is 46.0 Å². The van der Waals surface area contributed by atoms with Crippen LogP contribution < -0.4 is 4.74 Å². The Bertz CT molecular complexity index is 1030. The van der Waals surface area contributed by atoms with E-state index in [-0.39, 0.29) is 17.9 Å². The Balaban J connectivity index is 1.63. The van der Waals surface area contributed by atoms with Crippen molar-refractivity contribution in [2.75, 3.05) is 52.7 Å². The van der Waals surface area contributed by atoms with E-state index >= 15 is 0 Å². The number of carbonyl (C=O) groups is 2. The highest BCUT2D eigenvalue weighted by molar-refractivity contribution is 5.89. The number of benzene rings is 2. The molecule has 0 aromatic heterocycles. The summed E-state index contributed by atoms with van der Waals surface area (Å²) in [6.07, 6.45) is 8.33. The largest absolute Gasteiger partial charge is 0.492 e. The molecule has 0 aliphatic carbocycles. The molecule has 1 saturated heterocycles. The summed E-state index contributed by atoms with van der Waals surface area (Å²) >= 11 is 0. The average Bonchev–Trinajstić information content (AvgIpc) is 2.95. The highest BCUT2D eigenvalue weighted by Crippen LogP contribution is 2.24. The number of carbonyl (C=O) groups excluding carboxylic acids is 2. The molecule has 39 heavy (non-hydrogen) atoms. The molecular formula is C32H43NO6. The van der Waals surface area contributed by atoms with Gasteiger partial charge in [-0.05, 0) is 62.8 Å². The number of allylic oxidation sites excluding steroid dienone is 1. The molecule has 0 radical (unpaired) electrons. The van der Waals surface area contributed by atoms with Gasteiger partial charge in [-0.2, -0.15) is 0 Å². The summed E-state index contributed by atoms with van der Waals surface area (Å²) < 4.78 is 21.8. The zero-order chi connectivity index (χ0) is 27.7. The lowest BCUT2D eigenvalue weighted by Gasteiger charge is -2.26. The predicted molar refractivity (Wildman–Crippen MR) is 153 cm³/mol. The van der Waals surface area contributed by atoms with Gasteiger partial charge in [-0.15, -0.1) is 0 Å². The lowest BCUT2D eigenvalue weighted by molar-refractivity contribution is -0.143. The second kappa shape index (κ2) is 17.4. The maximum absolute atomic E-state index is 12.0. The maximum atomic E-state index is 12.0. The van der Waals surface area contributed by atoms with Crippen LogP contribution in [0.15, 0.2) is 54.6 Å². The molecule has 3 rings (SSSR count). The van der Waals surface area contributed by atoms with Crippen LogP contribution in [0.25, 0.3) is 6.08 Å². The van der Waals surface area contributed by atoms with E-state index in [1.54, 1.807) is 6.92 Å².